The zero-order valence-corrected chi connectivity index (χ0v) is 28.1. The fourth-order valence-electron chi connectivity index (χ4n) is 4.85. The van der Waals surface area contributed by atoms with E-state index in [1.54, 1.807) is 30.3 Å². The molecular formula is C35H36Cl2FN3O4S. The minimum absolute atomic E-state index is 0.112. The van der Waals surface area contributed by atoms with E-state index in [-0.39, 0.29) is 39.6 Å². The van der Waals surface area contributed by atoms with Gasteiger partial charge in [-0.25, -0.2) is 12.8 Å². The SMILES string of the molecule is CCC(C)NC(=O)C(Cc1ccccc1)N(Cc1c(Cl)cccc1Cl)C(=O)CN(c1ccccc1F)S(=O)(=O)c1ccc(C)cc1. The summed E-state index contributed by atoms with van der Waals surface area (Å²) in [4.78, 5) is 29.6. The maximum Gasteiger partial charge on any atom is 0.264 e. The van der Waals surface area contributed by atoms with Crippen molar-refractivity contribution in [3.8, 4) is 0 Å². The predicted molar refractivity (Wildman–Crippen MR) is 181 cm³/mol. The molecule has 0 heterocycles. The maximum atomic E-state index is 15.3. The first-order valence-corrected chi connectivity index (χ1v) is 17.0. The summed E-state index contributed by atoms with van der Waals surface area (Å²) in [7, 11) is -4.45. The van der Waals surface area contributed by atoms with Gasteiger partial charge in [-0.1, -0.05) is 96.4 Å². The Balaban J connectivity index is 1.85. The van der Waals surface area contributed by atoms with E-state index in [9.17, 15) is 18.0 Å². The second-order valence-corrected chi connectivity index (χ2v) is 13.7. The van der Waals surface area contributed by atoms with Crippen LogP contribution in [-0.4, -0.2) is 43.8 Å². The van der Waals surface area contributed by atoms with Crippen molar-refractivity contribution in [2.45, 2.75) is 57.1 Å². The molecule has 46 heavy (non-hydrogen) atoms. The number of aryl methyl sites for hydroxylation is 1. The smallest absolute Gasteiger partial charge is 0.264 e. The van der Waals surface area contributed by atoms with Crippen molar-refractivity contribution in [1.29, 1.82) is 0 Å². The quantitative estimate of drug-likeness (QED) is 0.162. The van der Waals surface area contributed by atoms with Crippen LogP contribution in [0, 0.1) is 12.7 Å². The van der Waals surface area contributed by atoms with Crippen LogP contribution < -0.4 is 9.62 Å². The predicted octanol–water partition coefficient (Wildman–Crippen LogP) is 7.19. The second-order valence-electron chi connectivity index (χ2n) is 11.0. The van der Waals surface area contributed by atoms with Gasteiger partial charge in [0.1, 0.15) is 18.4 Å². The number of carbonyl (C=O) groups is 2. The molecule has 2 atom stereocenters. The minimum Gasteiger partial charge on any atom is -0.352 e. The van der Waals surface area contributed by atoms with E-state index >= 15 is 4.39 Å². The average Bonchev–Trinajstić information content (AvgIpc) is 3.03. The van der Waals surface area contributed by atoms with Crippen LogP contribution in [0.1, 0.15) is 37.0 Å². The number of halogens is 3. The van der Waals surface area contributed by atoms with Crippen LogP contribution in [0.2, 0.25) is 10.0 Å². The molecule has 0 bridgehead atoms. The van der Waals surface area contributed by atoms with Crippen LogP contribution >= 0.6 is 23.2 Å². The maximum absolute atomic E-state index is 15.3. The summed E-state index contributed by atoms with van der Waals surface area (Å²) in [6.07, 6.45) is 0.755. The summed E-state index contributed by atoms with van der Waals surface area (Å²) in [6, 6.07) is 24.1. The topological polar surface area (TPSA) is 86.8 Å². The molecule has 11 heteroatoms. The number of nitrogens with zero attached hydrogens (tertiary/aromatic N) is 2. The monoisotopic (exact) mass is 683 g/mol. The van der Waals surface area contributed by atoms with Gasteiger partial charge in [0.2, 0.25) is 11.8 Å². The summed E-state index contributed by atoms with van der Waals surface area (Å²) >= 11 is 13.1. The van der Waals surface area contributed by atoms with Gasteiger partial charge < -0.3 is 10.2 Å². The van der Waals surface area contributed by atoms with E-state index in [1.165, 1.54) is 35.2 Å². The van der Waals surface area contributed by atoms with Crippen molar-refractivity contribution in [1.82, 2.24) is 10.2 Å². The van der Waals surface area contributed by atoms with Crippen molar-refractivity contribution in [3.05, 3.63) is 130 Å². The van der Waals surface area contributed by atoms with Gasteiger partial charge in [0.05, 0.1) is 10.6 Å². The van der Waals surface area contributed by atoms with Crippen molar-refractivity contribution in [2.75, 3.05) is 10.8 Å². The Morgan fingerprint density at radius 2 is 1.48 bits per heavy atom. The van der Waals surface area contributed by atoms with Gasteiger partial charge in [0, 0.05) is 34.6 Å². The lowest BCUT2D eigenvalue weighted by Gasteiger charge is -2.34. The molecule has 1 N–H and O–H groups in total. The highest BCUT2D eigenvalue weighted by Crippen LogP contribution is 2.30. The fourth-order valence-corrected chi connectivity index (χ4v) is 6.79. The number of para-hydroxylation sites is 1. The molecule has 242 valence electrons. The molecular weight excluding hydrogens is 648 g/mol. The molecule has 2 unspecified atom stereocenters. The highest BCUT2D eigenvalue weighted by Gasteiger charge is 2.36. The van der Waals surface area contributed by atoms with Crippen LogP contribution in [0.5, 0.6) is 0 Å². The number of rotatable bonds is 13. The third-order valence-electron chi connectivity index (χ3n) is 7.67. The van der Waals surface area contributed by atoms with E-state index in [4.69, 9.17) is 23.2 Å². The zero-order chi connectivity index (χ0) is 33.4. The minimum atomic E-state index is -4.45. The van der Waals surface area contributed by atoms with Crippen LogP contribution in [0.4, 0.5) is 10.1 Å². The van der Waals surface area contributed by atoms with Gasteiger partial charge >= 0.3 is 0 Å². The fraction of sp³-hybridized carbons (Fsp3) is 0.257. The first-order chi connectivity index (χ1) is 21.9. The van der Waals surface area contributed by atoms with Crippen LogP contribution in [-0.2, 0) is 32.6 Å². The molecule has 0 radical (unpaired) electrons. The number of carbonyl (C=O) groups excluding carboxylic acids is 2. The molecule has 4 rings (SSSR count). The summed E-state index contributed by atoms with van der Waals surface area (Å²) in [6.45, 7) is 4.57. The molecule has 0 aliphatic carbocycles. The molecule has 7 nitrogen and oxygen atoms in total. The summed E-state index contributed by atoms with van der Waals surface area (Å²) in [5, 5.41) is 3.50. The number of hydrogen-bond donors (Lipinski definition) is 1. The van der Waals surface area contributed by atoms with Gasteiger partial charge in [-0.3, -0.25) is 13.9 Å². The Morgan fingerprint density at radius 1 is 0.870 bits per heavy atom. The van der Waals surface area contributed by atoms with Gasteiger partial charge in [0.25, 0.3) is 10.0 Å². The van der Waals surface area contributed by atoms with Crippen molar-refractivity contribution in [3.63, 3.8) is 0 Å². The van der Waals surface area contributed by atoms with Crippen LogP contribution in [0.15, 0.2) is 102 Å². The number of amides is 2. The second kappa shape index (κ2) is 15.6. The third-order valence-corrected chi connectivity index (χ3v) is 10.2. The average molecular weight is 685 g/mol. The van der Waals surface area contributed by atoms with Crippen molar-refractivity contribution < 1.29 is 22.4 Å². The molecule has 0 aliphatic rings. The normalized spacial score (nSPS) is 12.7. The van der Waals surface area contributed by atoms with Crippen molar-refractivity contribution >= 4 is 50.7 Å². The Morgan fingerprint density at radius 3 is 2.09 bits per heavy atom. The van der Waals surface area contributed by atoms with Gasteiger partial charge in [-0.15, -0.1) is 0 Å². The van der Waals surface area contributed by atoms with Gasteiger partial charge in [-0.05, 0) is 62.2 Å². The first-order valence-electron chi connectivity index (χ1n) is 14.8. The molecule has 2 amide bonds. The lowest BCUT2D eigenvalue weighted by atomic mass is 10.0. The number of anilines is 1. The van der Waals surface area contributed by atoms with E-state index in [2.05, 4.69) is 5.32 Å². The molecule has 0 fully saturated rings. The zero-order valence-electron chi connectivity index (χ0n) is 25.8. The number of hydrogen-bond acceptors (Lipinski definition) is 4. The standard InChI is InChI=1S/C35H36Cl2FN3O4S/c1-4-25(3)39-35(43)33(21-26-11-6-5-7-12-26)40(22-28-29(36)13-10-14-30(28)37)34(42)23-41(32-16-9-8-15-31(32)38)46(44,45)27-19-17-24(2)18-20-27/h5-20,25,33H,4,21-23H2,1-3H3,(H,39,43). The summed E-state index contributed by atoms with van der Waals surface area (Å²) < 4.78 is 44.2. The van der Waals surface area contributed by atoms with Gasteiger partial charge in [-0.2, -0.15) is 0 Å². The third kappa shape index (κ3) is 8.46. The van der Waals surface area contributed by atoms with E-state index in [0.29, 0.717) is 12.0 Å². The largest absolute Gasteiger partial charge is 0.352 e. The first kappa shape index (κ1) is 34.9. The van der Waals surface area contributed by atoms with Crippen LogP contribution in [0.3, 0.4) is 0 Å². The molecule has 0 aliphatic heterocycles. The molecule has 4 aromatic rings. The molecule has 0 spiro atoms. The Kier molecular flexibility index (Phi) is 11.8. The number of sulfonamides is 1. The van der Waals surface area contributed by atoms with E-state index < -0.39 is 40.2 Å². The Hall–Kier alpha value is -3.92. The van der Waals surface area contributed by atoms with Gasteiger partial charge in [0.15, 0.2) is 0 Å². The number of benzene rings is 4. The Labute approximate surface area is 280 Å². The molecule has 0 aromatic heterocycles. The molecule has 0 saturated heterocycles. The molecule has 4 aromatic carbocycles. The summed E-state index contributed by atoms with van der Waals surface area (Å²) in [5.74, 6) is -2.02. The van der Waals surface area contributed by atoms with Crippen molar-refractivity contribution in [2.24, 2.45) is 0 Å². The van der Waals surface area contributed by atoms with E-state index in [1.807, 2.05) is 51.1 Å². The summed E-state index contributed by atoms with van der Waals surface area (Å²) in [5.41, 5.74) is 1.67. The number of nitrogens with one attached hydrogen (secondary N) is 1. The Bertz CT molecular complexity index is 1750. The van der Waals surface area contributed by atoms with E-state index in [0.717, 1.165) is 21.5 Å². The molecule has 0 saturated carbocycles. The highest BCUT2D eigenvalue weighted by molar-refractivity contribution is 7.92. The lowest BCUT2D eigenvalue weighted by Crippen LogP contribution is -2.54. The lowest BCUT2D eigenvalue weighted by molar-refractivity contribution is -0.140. The highest BCUT2D eigenvalue weighted by atomic mass is 35.5. The van der Waals surface area contributed by atoms with Crippen LogP contribution in [0.25, 0.3) is 0 Å².